The molecule has 1 unspecified atom stereocenters. The van der Waals surface area contributed by atoms with Gasteiger partial charge in [-0.25, -0.2) is 0 Å². The number of piperidine rings is 1. The van der Waals surface area contributed by atoms with Gasteiger partial charge in [-0.1, -0.05) is 54.0 Å². The number of hydrogen-bond acceptors (Lipinski definition) is 3. The van der Waals surface area contributed by atoms with E-state index in [2.05, 4.69) is 16.7 Å². The van der Waals surface area contributed by atoms with E-state index in [0.29, 0.717) is 5.56 Å². The van der Waals surface area contributed by atoms with Crippen LogP contribution in [0.25, 0.3) is 10.6 Å². The van der Waals surface area contributed by atoms with Crippen LogP contribution in [0.3, 0.4) is 0 Å². The van der Waals surface area contributed by atoms with Gasteiger partial charge in [0.25, 0.3) is 0 Å². The molecule has 2 rings (SSSR count). The van der Waals surface area contributed by atoms with Crippen LogP contribution >= 0.6 is 0 Å². The molecule has 1 aliphatic rings. The summed E-state index contributed by atoms with van der Waals surface area (Å²) in [6.07, 6.45) is 0.408. The van der Waals surface area contributed by atoms with Crippen molar-refractivity contribution < 1.29 is 68.2 Å². The molecule has 0 spiro atoms. The molecule has 25 heavy (non-hydrogen) atoms. The normalized spacial score (nSPS) is 14.1. The Kier molecular flexibility index (Phi) is 28.0. The largest absolute Gasteiger partial charge is 0.687 e. The minimum atomic E-state index is -0.825. The molecule has 1 atom stereocenters. The molecule has 1 fully saturated rings. The number of hydrogen-bond donors (Lipinski definition) is 0. The molecule has 1 aromatic carbocycles. The molecule has 5 nitrogen and oxygen atoms in total. The van der Waals surface area contributed by atoms with E-state index < -0.39 is 23.8 Å². The van der Waals surface area contributed by atoms with Crippen molar-refractivity contribution in [1.82, 2.24) is 0 Å². The third-order valence-corrected chi connectivity index (χ3v) is 2.36. The number of imide groups is 1. The molecule has 0 saturated carbocycles. The summed E-state index contributed by atoms with van der Waals surface area (Å²) in [5.41, 5.74) is 0.303. The van der Waals surface area contributed by atoms with Crippen LogP contribution in [-0.2, 0) is 63.4 Å². The molecule has 139 valence electrons. The summed E-state index contributed by atoms with van der Waals surface area (Å²) in [6, 6.07) is 8.49. The summed E-state index contributed by atoms with van der Waals surface area (Å²) >= 11 is 0. The maximum atomic E-state index is 11.7. The minimum Gasteiger partial charge on any atom is -0.687 e. The van der Waals surface area contributed by atoms with E-state index in [1.807, 2.05) is 41.5 Å². The average Bonchev–Trinajstić information content (AvgIpc) is 2.63. The molecule has 0 aliphatic carbocycles. The Bertz CT molecular complexity index is 471. The molecule has 1 radical (unpaired) electrons. The van der Waals surface area contributed by atoms with Crippen LogP contribution in [0.2, 0.25) is 0 Å². The van der Waals surface area contributed by atoms with Crippen molar-refractivity contribution >= 4 is 17.7 Å². The summed E-state index contributed by atoms with van der Waals surface area (Å²) in [4.78, 5) is 33.8. The van der Waals surface area contributed by atoms with E-state index in [9.17, 15) is 14.4 Å². The summed E-state index contributed by atoms with van der Waals surface area (Å²) in [5.74, 6) is -1.58. The van der Waals surface area contributed by atoms with Crippen LogP contribution in [-0.4, -0.2) is 23.8 Å². The van der Waals surface area contributed by atoms with E-state index >= 15 is 0 Å². The minimum absolute atomic E-state index is 0. The van der Waals surface area contributed by atoms with E-state index in [0.717, 1.165) is 0 Å². The maximum absolute atomic E-state index is 11.7. The Morgan fingerprint density at radius 1 is 1.12 bits per heavy atom. The number of rotatable bonds is 2. The zero-order valence-electron chi connectivity index (χ0n) is 15.9. The summed E-state index contributed by atoms with van der Waals surface area (Å²) in [6.45, 7) is 12.0. The smallest absolute Gasteiger partial charge is 0.0564 e. The molecule has 1 aliphatic heterocycles. The number of benzene rings is 1. The van der Waals surface area contributed by atoms with Crippen LogP contribution in [0.15, 0.2) is 24.3 Å². The van der Waals surface area contributed by atoms with E-state index in [1.165, 1.54) is 0 Å². The summed E-state index contributed by atoms with van der Waals surface area (Å²) in [7, 11) is 0. The molecular weight excluding hydrogens is 565 g/mol. The number of amides is 3. The Morgan fingerprint density at radius 3 is 2.12 bits per heavy atom. The molecule has 7 heteroatoms. The first-order chi connectivity index (χ1) is 11.2. The fourth-order valence-electron chi connectivity index (χ4n) is 1.49. The van der Waals surface area contributed by atoms with Gasteiger partial charge in [0.2, 0.25) is 0 Å². The maximum Gasteiger partial charge on any atom is 0.0564 e. The molecular formula is C18H27N2O3WY-3. The van der Waals surface area contributed by atoms with Crippen LogP contribution in [0, 0.1) is 6.07 Å². The quantitative estimate of drug-likeness (QED) is 0.371. The van der Waals surface area contributed by atoms with Crippen molar-refractivity contribution in [3.63, 3.8) is 0 Å². The zero-order chi connectivity index (χ0) is 18.3. The topological polar surface area (TPSA) is 79.4 Å². The standard InChI is InChI=1S/C12H11N2O3.3C2H6.W.Y/c15-10-7-6-9(12(17)14-10)13-11(16)8-4-2-1-3-5-8;3*1-2;;/h1-4,9H,6-7H2,(H2,13,14,15,16,17);3*1-2H3;;/q-1;;;;;/p-2. The van der Waals surface area contributed by atoms with Gasteiger partial charge in [-0.05, 0) is 12.3 Å². The SMILES string of the molecule is CC.CC.CC.O=C1CCC([N-]C(=O)c2[c-]cccc2)C(=O)[N-]1.[W].[Y]. The van der Waals surface area contributed by atoms with Crippen molar-refractivity contribution in [3.8, 4) is 0 Å². The molecule has 0 bridgehead atoms. The number of carbonyl (C=O) groups excluding carboxylic acids is 3. The van der Waals surface area contributed by atoms with E-state index in [1.54, 1.807) is 24.3 Å². The van der Waals surface area contributed by atoms with Gasteiger partial charge in [-0.3, -0.25) is 0 Å². The van der Waals surface area contributed by atoms with E-state index in [4.69, 9.17) is 0 Å². The van der Waals surface area contributed by atoms with Gasteiger partial charge in [0.15, 0.2) is 0 Å². The van der Waals surface area contributed by atoms with Crippen LogP contribution < -0.4 is 0 Å². The molecule has 3 amide bonds. The van der Waals surface area contributed by atoms with Crippen LogP contribution in [0.5, 0.6) is 0 Å². The second-order valence-corrected chi connectivity index (χ2v) is 3.61. The first-order valence-electron chi connectivity index (χ1n) is 8.17. The number of carbonyl (C=O) groups is 3. The van der Waals surface area contributed by atoms with Gasteiger partial charge in [0.05, 0.1) is 5.91 Å². The second kappa shape index (κ2) is 21.7. The Labute approximate surface area is 191 Å². The molecule has 0 aromatic heterocycles. The van der Waals surface area contributed by atoms with Gasteiger partial charge >= 0.3 is 0 Å². The molecule has 1 aromatic rings. The van der Waals surface area contributed by atoms with Crippen LogP contribution in [0.1, 0.15) is 64.7 Å². The van der Waals surface area contributed by atoms with Crippen molar-refractivity contribution in [2.75, 3.05) is 0 Å². The fourth-order valence-corrected chi connectivity index (χ4v) is 1.49. The molecule has 1 heterocycles. The Balaban J connectivity index is -0.000000250. The van der Waals surface area contributed by atoms with Crippen molar-refractivity contribution in [2.24, 2.45) is 0 Å². The van der Waals surface area contributed by atoms with Crippen molar-refractivity contribution in [2.45, 2.75) is 60.4 Å². The first kappa shape index (κ1) is 32.3. The van der Waals surface area contributed by atoms with Gasteiger partial charge in [0.1, 0.15) is 0 Å². The average molecular weight is 592 g/mol. The van der Waals surface area contributed by atoms with Crippen molar-refractivity contribution in [3.05, 3.63) is 46.5 Å². The van der Waals surface area contributed by atoms with Gasteiger partial charge in [-0.2, -0.15) is 0 Å². The van der Waals surface area contributed by atoms with Crippen molar-refractivity contribution in [1.29, 1.82) is 0 Å². The predicted octanol–water partition coefficient (Wildman–Crippen LogP) is 4.66. The Morgan fingerprint density at radius 2 is 1.68 bits per heavy atom. The van der Waals surface area contributed by atoms with Gasteiger partial charge in [0, 0.05) is 59.7 Å². The zero-order valence-corrected chi connectivity index (χ0v) is 21.7. The first-order valence-corrected chi connectivity index (χ1v) is 8.17. The monoisotopic (exact) mass is 592 g/mol. The second-order valence-electron chi connectivity index (χ2n) is 3.61. The van der Waals surface area contributed by atoms with Gasteiger partial charge < -0.3 is 25.0 Å². The van der Waals surface area contributed by atoms with E-state index in [-0.39, 0.29) is 66.6 Å². The summed E-state index contributed by atoms with van der Waals surface area (Å²) < 4.78 is 0. The fraction of sp³-hybridized carbons (Fsp3) is 0.500. The predicted molar refractivity (Wildman–Crippen MR) is 93.4 cm³/mol. The molecule has 0 N–H and O–H groups in total. The third-order valence-electron chi connectivity index (χ3n) is 2.36. The number of nitrogens with zero attached hydrogens (tertiary/aromatic N) is 2. The molecule has 1 saturated heterocycles. The van der Waals surface area contributed by atoms with Crippen LogP contribution in [0.4, 0.5) is 0 Å². The summed E-state index contributed by atoms with van der Waals surface area (Å²) in [5, 5.41) is 7.03. The Hall–Kier alpha value is -0.378. The third kappa shape index (κ3) is 13.5. The van der Waals surface area contributed by atoms with Gasteiger partial charge in [-0.15, -0.1) is 35.9 Å².